The predicted octanol–water partition coefficient (Wildman–Crippen LogP) is 9.21. The van der Waals surface area contributed by atoms with Gasteiger partial charge in [-0.2, -0.15) is 0 Å². The highest BCUT2D eigenvalue weighted by atomic mass is 19.5. The zero-order valence-corrected chi connectivity index (χ0v) is 37.9. The Kier molecular flexibility index (Phi) is 18.1. The molecule has 0 unspecified atom stereocenters. The van der Waals surface area contributed by atoms with Crippen molar-refractivity contribution in [2.45, 2.75) is 27.7 Å². The van der Waals surface area contributed by atoms with Gasteiger partial charge in [-0.1, -0.05) is 0 Å². The molecule has 0 bridgehead atoms. The second-order valence-electron chi connectivity index (χ2n) is 14.5. The third kappa shape index (κ3) is 13.1. The molecule has 0 fully saturated rings. The Bertz CT molecular complexity index is 2420. The van der Waals surface area contributed by atoms with Gasteiger partial charge in [-0.15, -0.1) is 0 Å². The summed E-state index contributed by atoms with van der Waals surface area (Å²) in [7, 11) is 7.55. The van der Waals surface area contributed by atoms with E-state index in [1.165, 1.54) is 41.9 Å². The summed E-state index contributed by atoms with van der Waals surface area (Å²) in [5.74, 6) is 2.55. The van der Waals surface area contributed by atoms with Gasteiger partial charge in [0, 0.05) is 58.4 Å². The van der Waals surface area contributed by atoms with Gasteiger partial charge < -0.3 is 60.2 Å². The van der Waals surface area contributed by atoms with E-state index in [1.54, 1.807) is 79.7 Å². The molecule has 0 aromatic heterocycles. The molecule has 2 amide bonds. The number of carbonyl (C=O) groups is 4. The second-order valence-corrected chi connectivity index (χ2v) is 14.5. The fraction of sp³-hybridized carbons (Fsp3) is 0.304. The van der Waals surface area contributed by atoms with Gasteiger partial charge in [0.1, 0.15) is 32.8 Å². The van der Waals surface area contributed by atoms with Crippen LogP contribution in [0.3, 0.4) is 0 Å². The van der Waals surface area contributed by atoms with E-state index < -0.39 is 7.25 Å². The highest BCUT2D eigenvalue weighted by molar-refractivity contribution is 6.50. The first kappa shape index (κ1) is 51.5. The molecule has 0 radical (unpaired) electrons. The van der Waals surface area contributed by atoms with E-state index in [2.05, 4.69) is 4.37 Å². The molecule has 2 aliphatic rings. The molecule has 0 atom stereocenters. The summed E-state index contributed by atoms with van der Waals surface area (Å²) in [5, 5.41) is 10.9. The third-order valence-electron chi connectivity index (χ3n) is 9.50. The number of Topliss-reactive ketones (excluding diaryl/α,β-unsaturated/α-hetero) is 2. The van der Waals surface area contributed by atoms with Crippen molar-refractivity contribution in [2.75, 3.05) is 79.8 Å². The molecule has 0 saturated heterocycles. The third-order valence-corrected chi connectivity index (χ3v) is 9.50. The van der Waals surface area contributed by atoms with Gasteiger partial charge in [0.25, 0.3) is 0 Å². The van der Waals surface area contributed by atoms with Crippen LogP contribution < -0.4 is 28.7 Å². The number of methoxy groups -OCH3 is 5. The van der Waals surface area contributed by atoms with E-state index in [0.29, 0.717) is 68.8 Å². The van der Waals surface area contributed by atoms with Crippen LogP contribution in [-0.4, -0.2) is 106 Å². The minimum atomic E-state index is -6.00. The van der Waals surface area contributed by atoms with Crippen LogP contribution in [0.1, 0.15) is 70.7 Å². The Hall–Kier alpha value is -6.82. The highest BCUT2D eigenvalue weighted by Crippen LogP contribution is 2.43. The number of fused-ring (bicyclic) bond motifs is 2. The Balaban J connectivity index is 0.000000286. The van der Waals surface area contributed by atoms with E-state index in [0.717, 1.165) is 22.4 Å². The number of aliphatic hydroxyl groups is 1. The molecule has 4 aromatic carbocycles. The van der Waals surface area contributed by atoms with Crippen LogP contribution in [0.4, 0.5) is 28.6 Å². The lowest BCUT2D eigenvalue weighted by molar-refractivity contribution is -0.117. The molecular formula is C46H53BF4N2O11. The van der Waals surface area contributed by atoms with E-state index in [1.807, 2.05) is 45.6 Å². The Morgan fingerprint density at radius 1 is 0.547 bits per heavy atom. The number of aliphatic hydroxyl groups excluding tert-OH is 1. The lowest BCUT2D eigenvalue weighted by Gasteiger charge is -2.15. The van der Waals surface area contributed by atoms with Gasteiger partial charge in [0.15, 0.2) is 34.6 Å². The number of carbonyl (C=O) groups excluding carboxylic acids is 4. The van der Waals surface area contributed by atoms with E-state index >= 15 is 0 Å². The van der Waals surface area contributed by atoms with Gasteiger partial charge in [0.2, 0.25) is 11.8 Å². The quantitative estimate of drug-likeness (QED) is 0.0568. The van der Waals surface area contributed by atoms with Crippen molar-refractivity contribution in [3.8, 4) is 23.0 Å². The van der Waals surface area contributed by atoms with Crippen LogP contribution in [-0.2, 0) is 18.7 Å². The summed E-state index contributed by atoms with van der Waals surface area (Å²) in [6.45, 7) is 6.59. The maximum absolute atomic E-state index is 12.2. The molecule has 344 valence electrons. The fourth-order valence-electron chi connectivity index (χ4n) is 6.63. The number of benzene rings is 4. The fourth-order valence-corrected chi connectivity index (χ4v) is 6.63. The number of ketones is 2. The number of anilines is 2. The van der Waals surface area contributed by atoms with Gasteiger partial charge in [-0.05, 0) is 86.6 Å². The molecule has 0 saturated carbocycles. The summed E-state index contributed by atoms with van der Waals surface area (Å²) in [6.07, 6.45) is 0. The summed E-state index contributed by atoms with van der Waals surface area (Å²) in [5.41, 5.74) is 6.78. The number of rotatable bonds is 9. The average molecular weight is 897 g/mol. The summed E-state index contributed by atoms with van der Waals surface area (Å²) >= 11 is 0. The lowest BCUT2D eigenvalue weighted by Crippen LogP contribution is -2.25. The van der Waals surface area contributed by atoms with Gasteiger partial charge >= 0.3 is 7.25 Å². The van der Waals surface area contributed by atoms with Crippen molar-refractivity contribution < 1.29 is 69.6 Å². The number of hydrogen-bond acceptors (Lipinski definition) is 10. The maximum Gasteiger partial charge on any atom is 0.673 e. The number of nitrogens with zero attached hydrogens (tertiary/aromatic N) is 2. The van der Waals surface area contributed by atoms with Crippen LogP contribution in [0.2, 0.25) is 0 Å². The molecule has 18 heteroatoms. The molecule has 64 heavy (non-hydrogen) atoms. The predicted molar refractivity (Wildman–Crippen MR) is 240 cm³/mol. The monoisotopic (exact) mass is 896 g/mol. The lowest BCUT2D eigenvalue weighted by atomic mass is 9.99. The van der Waals surface area contributed by atoms with E-state index in [9.17, 15) is 41.5 Å². The van der Waals surface area contributed by atoms with Gasteiger partial charge in [0.05, 0.1) is 60.0 Å². The molecule has 1 N–H and O–H groups in total. The van der Waals surface area contributed by atoms with Crippen LogP contribution in [0.15, 0.2) is 72.8 Å². The second kappa shape index (κ2) is 22.5. The molecule has 2 aliphatic heterocycles. The van der Waals surface area contributed by atoms with E-state index in [-0.39, 0.29) is 35.7 Å². The number of halogens is 4. The van der Waals surface area contributed by atoms with Gasteiger partial charge in [-0.25, -0.2) is 0 Å². The minimum Gasteiger partial charge on any atom is -0.507 e. The van der Waals surface area contributed by atoms with E-state index in [4.69, 9.17) is 23.7 Å². The maximum atomic E-state index is 12.2. The van der Waals surface area contributed by atoms with Crippen molar-refractivity contribution in [3.05, 3.63) is 106 Å². The van der Waals surface area contributed by atoms with Crippen LogP contribution in [0, 0.1) is 0 Å². The molecule has 0 aliphatic carbocycles. The van der Waals surface area contributed by atoms with Crippen LogP contribution in [0.25, 0.3) is 22.7 Å². The van der Waals surface area contributed by atoms with Crippen molar-refractivity contribution in [2.24, 2.45) is 0 Å². The number of ether oxygens (including phenoxy) is 5. The smallest absolute Gasteiger partial charge is 0.507 e. The Morgan fingerprint density at radius 2 is 0.891 bits per heavy atom. The molecule has 13 nitrogen and oxygen atoms in total. The first-order valence-electron chi connectivity index (χ1n) is 19.4. The minimum absolute atomic E-state index is 0.0293. The first-order chi connectivity index (χ1) is 30.0. The molecule has 0 spiro atoms. The standard InChI is InChI=1S/C22H23NO5.C21H21NO5.C3H9O.BF4/c1-13(24)15-6-8-19-17(10-15)18(12-23(19)14(2)25)22(28-5)16-7-9-20(26-3)21(11-16)27-4;1-12(23)14-5-7-18-16(9-14)17(11-22(18)13(2)24)21(25)15-6-8-19(26-3)20(10-15)27-4;1-4(2)3;2-1(3,4)5/h6-11H,12H2,1-5H3;5-10,25H,11H2,1-4H3;1-3H3;/q;;+1;-1/b22-18+;21-17+;;. The van der Waals surface area contributed by atoms with Crippen LogP contribution in [0.5, 0.6) is 23.0 Å². The highest BCUT2D eigenvalue weighted by Gasteiger charge is 2.32. The Labute approximate surface area is 370 Å². The normalized spacial score (nSPS) is 14.0. The van der Waals surface area contributed by atoms with Crippen molar-refractivity contribution in [1.29, 1.82) is 0 Å². The largest absolute Gasteiger partial charge is 0.673 e. The van der Waals surface area contributed by atoms with Crippen molar-refractivity contribution >= 4 is 64.7 Å². The molecule has 2 heterocycles. The molecular weight excluding hydrogens is 843 g/mol. The zero-order chi connectivity index (χ0) is 48.2. The molecule has 4 aromatic rings. The van der Waals surface area contributed by atoms with Crippen molar-refractivity contribution in [1.82, 2.24) is 0 Å². The summed E-state index contributed by atoms with van der Waals surface area (Å²) in [4.78, 5) is 51.1. The van der Waals surface area contributed by atoms with Crippen LogP contribution >= 0.6 is 0 Å². The summed E-state index contributed by atoms with van der Waals surface area (Å²) < 4.78 is 68.6. The zero-order valence-electron chi connectivity index (χ0n) is 37.9. The number of hydrogen-bond donors (Lipinski definition) is 1. The average Bonchev–Trinajstić information content (AvgIpc) is 3.82. The Morgan fingerprint density at radius 3 is 1.25 bits per heavy atom. The topological polar surface area (TPSA) is 144 Å². The molecule has 6 rings (SSSR count). The SMILES string of the molecule is CO/C(=C1\CN(C(C)=O)c2ccc(C(C)=O)cc21)c1ccc(OC)c(OC)c1.COc1ccc(/C(O)=C2/CN(C(C)=O)c3ccc(C(C)=O)cc32)cc1OC.C[O+](C)C.F[B-](F)(F)F. The first-order valence-corrected chi connectivity index (χ1v) is 19.4. The van der Waals surface area contributed by atoms with Gasteiger partial charge in [-0.3, -0.25) is 19.2 Å². The number of amides is 2. The summed E-state index contributed by atoms with van der Waals surface area (Å²) in [6, 6.07) is 21.1. The van der Waals surface area contributed by atoms with Crippen molar-refractivity contribution in [3.63, 3.8) is 0 Å².